The zero-order valence-corrected chi connectivity index (χ0v) is 42.0. The van der Waals surface area contributed by atoms with Gasteiger partial charge in [-0.05, 0) is 110 Å². The van der Waals surface area contributed by atoms with Crippen LogP contribution in [0, 0.1) is 18.3 Å². The first-order valence-electron chi connectivity index (χ1n) is 36.5. The van der Waals surface area contributed by atoms with Crippen molar-refractivity contribution in [2.75, 3.05) is 0 Å². The minimum atomic E-state index is -4.33. The van der Waals surface area contributed by atoms with Crippen LogP contribution >= 0.6 is 0 Å². The van der Waals surface area contributed by atoms with Crippen LogP contribution < -0.4 is 0 Å². The third kappa shape index (κ3) is 10.8. The van der Waals surface area contributed by atoms with Crippen molar-refractivity contribution in [3.63, 3.8) is 0 Å². The van der Waals surface area contributed by atoms with Gasteiger partial charge >= 0.3 is 0 Å². The van der Waals surface area contributed by atoms with Crippen LogP contribution in [0.2, 0.25) is 0 Å². The van der Waals surface area contributed by atoms with Gasteiger partial charge in [0.2, 0.25) is 0 Å². The van der Waals surface area contributed by atoms with E-state index in [-0.39, 0.29) is 100 Å². The van der Waals surface area contributed by atoms with Gasteiger partial charge < -0.3 is 5.11 Å². The molecule has 2 heterocycles. The maximum Gasteiger partial charge on any atom is 0.148 e. The summed E-state index contributed by atoms with van der Waals surface area (Å²) < 4.78 is 258. The van der Waals surface area contributed by atoms with Crippen LogP contribution in [0.15, 0.2) is 127 Å². The smallest absolute Gasteiger partial charge is 0.148 e. The number of hydrogen-bond acceptors (Lipinski definition) is 3. The van der Waals surface area contributed by atoms with Crippen molar-refractivity contribution in [3.8, 4) is 67.5 Å². The summed E-state index contributed by atoms with van der Waals surface area (Å²) in [7, 11) is 0. The molecule has 1 N–H and O–H groups in total. The molecule has 5 heteroatoms. The maximum atomic E-state index is 13.2. The van der Waals surface area contributed by atoms with Crippen molar-refractivity contribution in [2.24, 2.45) is 5.41 Å². The first-order chi connectivity index (χ1) is 43.6. The van der Waals surface area contributed by atoms with E-state index >= 15 is 0 Å². The number of imidazole rings is 1. The first-order valence-corrected chi connectivity index (χ1v) is 22.0. The number of phenols is 1. The molecule has 360 valence electrons. The van der Waals surface area contributed by atoms with Crippen molar-refractivity contribution < 1.29 is 65.9 Å². The summed E-state index contributed by atoms with van der Waals surface area (Å²) in [5.41, 5.74) is -14.5. The molecule has 0 aliphatic rings. The number of aromatic nitrogens is 3. The molecule has 0 fully saturated rings. The number of fused-ring (bicyclic) bond motifs is 1. The van der Waals surface area contributed by atoms with Gasteiger partial charge in [-0.25, -0.2) is 4.98 Å². The summed E-state index contributed by atoms with van der Waals surface area (Å²) in [6, 6.07) is 18.0. The standard InChI is InChI=1S/C64H72N3O.Pt/c1-40-31-41(39-60(2,3)4)25-27-49(40)43-29-30-65-54(35-43)45-32-44(33-47(34-45)62(8,9)10)50-23-20-24-56-57(50)66-59(52-37-48(63(11,12)13)38-53(58(52)68)64(14,15)16)67(56)55-28-26-46(61(5,6)7)36-51(55)42-21-18-17-19-22-42;/h17-31,33-38,68H,39H2,1-16H3;/q-1;/i1D3,11D3,12D3,13D3,14D3,15D3,16D3,17D,18D,19D,21D,22D,27D,39D2;. The Labute approximate surface area is 468 Å². The predicted octanol–water partition coefficient (Wildman–Crippen LogP) is 17.3. The summed E-state index contributed by atoms with van der Waals surface area (Å²) in [5.74, 6) is -2.32. The van der Waals surface area contributed by atoms with E-state index in [1.54, 1.807) is 65.8 Å². The van der Waals surface area contributed by atoms with E-state index < -0.39 is 145 Å². The Kier molecular flexibility index (Phi) is 6.89. The fraction of sp³-hybridized carbons (Fsp3) is 0.344. The molecule has 4 nitrogen and oxygen atoms in total. The van der Waals surface area contributed by atoms with Crippen molar-refractivity contribution in [1.29, 1.82) is 0 Å². The van der Waals surface area contributed by atoms with Crippen molar-refractivity contribution in [1.82, 2.24) is 14.5 Å². The Morgan fingerprint density at radius 3 is 1.99 bits per heavy atom. The quantitative estimate of drug-likeness (QED) is 0.162. The van der Waals surface area contributed by atoms with Crippen LogP contribution in [0.5, 0.6) is 5.75 Å². The van der Waals surface area contributed by atoms with E-state index in [2.05, 4.69) is 11.1 Å². The zero-order chi connectivity index (χ0) is 73.8. The van der Waals surface area contributed by atoms with E-state index in [4.69, 9.17) is 40.6 Å². The van der Waals surface area contributed by atoms with E-state index in [0.29, 0.717) is 17.2 Å². The van der Waals surface area contributed by atoms with Gasteiger partial charge in [-0.2, -0.15) is 0 Å². The van der Waals surface area contributed by atoms with Crippen LogP contribution in [0.1, 0.15) is 177 Å². The molecule has 0 saturated carbocycles. The monoisotopic (exact) mass is 1120 g/mol. The Balaban J connectivity index is 0.0000135. The molecule has 0 spiro atoms. The third-order valence-corrected chi connectivity index (χ3v) is 11.6. The topological polar surface area (TPSA) is 50.9 Å². The van der Waals surface area contributed by atoms with E-state index in [1.807, 2.05) is 20.8 Å². The number of hydrogen-bond donors (Lipinski definition) is 1. The average molecular weight is 1120 g/mol. The van der Waals surface area contributed by atoms with Gasteiger partial charge in [0.25, 0.3) is 0 Å². The Morgan fingerprint density at radius 2 is 1.32 bits per heavy atom. The second kappa shape index (κ2) is 18.6. The normalized spacial score (nSPS) is 20.3. The molecule has 0 aliphatic heterocycles. The third-order valence-electron chi connectivity index (χ3n) is 11.6. The summed E-state index contributed by atoms with van der Waals surface area (Å²) in [6.45, 7) is -12.4. The van der Waals surface area contributed by atoms with Gasteiger partial charge in [0, 0.05) is 75.6 Å². The number of aryl methyl sites for hydroxylation is 1. The fourth-order valence-electron chi connectivity index (χ4n) is 8.09. The largest absolute Gasteiger partial charge is 0.507 e. The number of phenolic OH excluding ortho intramolecular Hbond substituents is 1. The predicted molar refractivity (Wildman–Crippen MR) is 289 cm³/mol. The summed E-state index contributed by atoms with van der Waals surface area (Å²) in [5, 5.41) is 13.2. The fourth-order valence-corrected chi connectivity index (χ4v) is 8.09. The van der Waals surface area contributed by atoms with E-state index in [9.17, 15) is 9.22 Å². The van der Waals surface area contributed by atoms with Crippen LogP contribution in [-0.4, -0.2) is 19.6 Å². The molecule has 0 aliphatic carbocycles. The number of pyridine rings is 1. The molecular formula is C64H72N3OPt-. The molecule has 0 unspecified atom stereocenters. The van der Waals surface area contributed by atoms with Gasteiger partial charge in [0.1, 0.15) is 11.6 Å². The molecule has 6 aromatic carbocycles. The number of para-hydroxylation sites is 1. The van der Waals surface area contributed by atoms with E-state index in [0.717, 1.165) is 0 Å². The first kappa shape index (κ1) is 25.5. The molecule has 0 bridgehead atoms. The molecular weight excluding hydrogens is 1020 g/mol. The molecule has 8 aromatic rings. The molecule has 0 atom stereocenters. The average Bonchev–Trinajstić information content (AvgIpc) is 1.01. The molecule has 2 aromatic heterocycles. The Morgan fingerprint density at radius 1 is 0.638 bits per heavy atom. The van der Waals surface area contributed by atoms with Crippen LogP contribution in [-0.2, 0) is 49.1 Å². The minimum Gasteiger partial charge on any atom is -0.507 e. The Bertz CT molecular complexity index is 4330. The molecule has 0 radical (unpaired) electrons. The zero-order valence-electron chi connectivity index (χ0n) is 68.8. The van der Waals surface area contributed by atoms with Crippen LogP contribution in [0.3, 0.4) is 0 Å². The Hall–Kier alpha value is -5.57. The SMILES string of the molecule is [2H]c1cc(C([2H])([2H])C(C)(C)C)cc(C([2H])([2H])[2H])c1-c1ccnc(-c2[c-]c(-c3cccc4c3nc(-c3cc(C(C([2H])([2H])[2H])(C([2H])([2H])[2H])C([2H])([2H])[2H])cc(C(C([2H])([2H])[2H])(C([2H])([2H])[2H])C([2H])([2H])[2H])c3O)n4-c3ccc(C(C)(C)C)cc3-c3c([2H])c([2H])c([2H])c([2H])c3[2H])cc(C(C)(C)C)c2)c1.[Pt]. The van der Waals surface area contributed by atoms with Gasteiger partial charge in [0.15, 0.2) is 0 Å². The number of nitrogens with zero attached hydrogens (tertiary/aromatic N) is 3. The number of benzene rings is 6. The minimum absolute atomic E-state index is 0. The second-order valence-corrected chi connectivity index (χ2v) is 20.3. The van der Waals surface area contributed by atoms with Crippen molar-refractivity contribution in [3.05, 3.63) is 167 Å². The molecule has 0 amide bonds. The van der Waals surface area contributed by atoms with E-state index in [1.165, 1.54) is 59.3 Å². The summed E-state index contributed by atoms with van der Waals surface area (Å²) in [4.78, 5) is 9.75. The van der Waals surface area contributed by atoms with Gasteiger partial charge in [0.05, 0.1) is 30.5 Å². The number of rotatable bonds is 7. The van der Waals surface area contributed by atoms with Crippen molar-refractivity contribution in [2.45, 2.75) is 138 Å². The maximum absolute atomic E-state index is 13.2. The summed E-state index contributed by atoms with van der Waals surface area (Å²) >= 11 is 0. The van der Waals surface area contributed by atoms with Gasteiger partial charge in [-0.1, -0.05) is 193 Å². The molecule has 8 rings (SSSR count). The molecule has 0 saturated heterocycles. The van der Waals surface area contributed by atoms with Crippen molar-refractivity contribution >= 4 is 11.0 Å². The van der Waals surface area contributed by atoms with Gasteiger partial charge in [-0.15, -0.1) is 29.3 Å². The number of aromatic hydroxyl groups is 1. The van der Waals surface area contributed by atoms with Gasteiger partial charge in [-0.3, -0.25) is 9.55 Å². The summed E-state index contributed by atoms with van der Waals surface area (Å²) in [6.07, 6.45) is -0.705. The van der Waals surface area contributed by atoms with Crippen LogP contribution in [0.25, 0.3) is 72.7 Å². The van der Waals surface area contributed by atoms with Crippen LogP contribution in [0.4, 0.5) is 0 Å². The second-order valence-electron chi connectivity index (χ2n) is 20.3. The molecule has 69 heavy (non-hydrogen) atoms.